The Balaban J connectivity index is 1.56. The number of rotatable bonds is 5. The lowest BCUT2D eigenvalue weighted by molar-refractivity contribution is -0.114. The van der Waals surface area contributed by atoms with Crippen LogP contribution < -0.4 is 5.32 Å². The Morgan fingerprint density at radius 3 is 2.91 bits per heavy atom. The molecule has 2 heterocycles. The van der Waals surface area contributed by atoms with E-state index in [1.165, 1.54) is 6.92 Å². The number of β-amino-alcohol motifs (C(OH)–C–C–N with tert-alkyl or cyclic N) is 1. The van der Waals surface area contributed by atoms with Crippen molar-refractivity contribution in [3.05, 3.63) is 48.2 Å². The maximum absolute atomic E-state index is 11.1. The van der Waals surface area contributed by atoms with E-state index in [1.54, 1.807) is 0 Å². The lowest BCUT2D eigenvalue weighted by Gasteiger charge is -2.20. The molecule has 1 aliphatic rings. The molecule has 2 N–H and O–H groups in total. The Morgan fingerprint density at radius 1 is 1.39 bits per heavy atom. The number of hydrogen-bond acceptors (Lipinski definition) is 4. The second-order valence-electron chi connectivity index (χ2n) is 5.99. The van der Waals surface area contributed by atoms with Gasteiger partial charge in [0.25, 0.3) is 0 Å². The number of nitrogens with zero attached hydrogens (tertiary/aromatic N) is 3. The highest BCUT2D eigenvalue weighted by Gasteiger charge is 2.26. The molecular formula is C17H22N4O2. The van der Waals surface area contributed by atoms with Crippen molar-refractivity contribution in [2.24, 2.45) is 0 Å². The Labute approximate surface area is 135 Å². The molecule has 1 saturated heterocycles. The summed E-state index contributed by atoms with van der Waals surface area (Å²) in [6.45, 7) is 3.89. The number of aromatic nitrogens is 2. The van der Waals surface area contributed by atoms with Crippen LogP contribution in [0.15, 0.2) is 42.6 Å². The number of nitrogens with one attached hydrogen (secondary N) is 1. The molecule has 1 aromatic carbocycles. The first-order valence-corrected chi connectivity index (χ1v) is 7.90. The normalized spacial score (nSPS) is 19.7. The van der Waals surface area contributed by atoms with Gasteiger partial charge in [-0.25, -0.2) is 0 Å². The first kappa shape index (κ1) is 15.7. The molecule has 0 aliphatic carbocycles. The van der Waals surface area contributed by atoms with Crippen molar-refractivity contribution in [2.75, 3.05) is 25.0 Å². The molecule has 2 atom stereocenters. The van der Waals surface area contributed by atoms with Gasteiger partial charge >= 0.3 is 0 Å². The van der Waals surface area contributed by atoms with Crippen LogP contribution in [0.5, 0.6) is 0 Å². The van der Waals surface area contributed by atoms with Crippen molar-refractivity contribution >= 4 is 11.7 Å². The van der Waals surface area contributed by atoms with Crippen LogP contribution in [0.4, 0.5) is 5.82 Å². The van der Waals surface area contributed by atoms with Crippen LogP contribution in [0.3, 0.4) is 0 Å². The first-order chi connectivity index (χ1) is 11.1. The molecule has 3 rings (SSSR count). The standard InChI is InChI=1S/C17H22N4O2/c1-13(22)18-17-8-10-21(19-17)15-7-9-20(11-15)12-16(23)14-5-3-2-4-6-14/h2-6,8,10,15-16,23H,7,9,11-12H2,1H3,(H,18,19,22). The fourth-order valence-corrected chi connectivity index (χ4v) is 3.01. The first-order valence-electron chi connectivity index (χ1n) is 7.90. The van der Waals surface area contributed by atoms with Crippen LogP contribution in [0.25, 0.3) is 0 Å². The third-order valence-electron chi connectivity index (χ3n) is 4.15. The molecule has 0 spiro atoms. The minimum absolute atomic E-state index is 0.116. The third kappa shape index (κ3) is 3.97. The molecule has 1 aliphatic heterocycles. The summed E-state index contributed by atoms with van der Waals surface area (Å²) in [6, 6.07) is 11.8. The molecule has 0 saturated carbocycles. The smallest absolute Gasteiger partial charge is 0.222 e. The van der Waals surface area contributed by atoms with E-state index in [2.05, 4.69) is 15.3 Å². The van der Waals surface area contributed by atoms with Gasteiger partial charge in [-0.1, -0.05) is 30.3 Å². The van der Waals surface area contributed by atoms with Crippen LogP contribution in [0, 0.1) is 0 Å². The molecule has 2 unspecified atom stereocenters. The van der Waals surface area contributed by atoms with Gasteiger partial charge in [-0.05, 0) is 12.0 Å². The second-order valence-corrected chi connectivity index (χ2v) is 5.99. The minimum Gasteiger partial charge on any atom is -0.387 e. The summed E-state index contributed by atoms with van der Waals surface area (Å²) in [7, 11) is 0. The van der Waals surface area contributed by atoms with Gasteiger partial charge in [-0.3, -0.25) is 14.4 Å². The largest absolute Gasteiger partial charge is 0.387 e. The molecule has 1 fully saturated rings. The summed E-state index contributed by atoms with van der Waals surface area (Å²) in [5.74, 6) is 0.467. The van der Waals surface area contributed by atoms with Gasteiger partial charge in [0.2, 0.25) is 5.91 Å². The van der Waals surface area contributed by atoms with E-state index in [4.69, 9.17) is 0 Å². The summed E-state index contributed by atoms with van der Waals surface area (Å²) >= 11 is 0. The monoisotopic (exact) mass is 314 g/mol. The van der Waals surface area contributed by atoms with E-state index in [9.17, 15) is 9.90 Å². The SMILES string of the molecule is CC(=O)Nc1ccn(C2CCN(CC(O)c3ccccc3)C2)n1. The van der Waals surface area contributed by atoms with Gasteiger partial charge < -0.3 is 10.4 Å². The minimum atomic E-state index is -0.470. The zero-order valence-corrected chi connectivity index (χ0v) is 13.2. The molecule has 1 amide bonds. The second kappa shape index (κ2) is 6.93. The molecule has 0 radical (unpaired) electrons. The molecule has 122 valence electrons. The number of carbonyl (C=O) groups excluding carboxylic acids is 1. The summed E-state index contributed by atoms with van der Waals surface area (Å²) in [4.78, 5) is 13.3. The van der Waals surface area contributed by atoms with E-state index in [-0.39, 0.29) is 11.9 Å². The van der Waals surface area contributed by atoms with Crippen LogP contribution in [-0.2, 0) is 4.79 Å². The number of hydrogen-bond donors (Lipinski definition) is 2. The highest BCUT2D eigenvalue weighted by Crippen LogP contribution is 2.24. The summed E-state index contributed by atoms with van der Waals surface area (Å²) in [5.41, 5.74) is 0.947. The number of aliphatic hydroxyl groups excluding tert-OH is 1. The quantitative estimate of drug-likeness (QED) is 0.883. The summed E-state index contributed by atoms with van der Waals surface area (Å²) in [6.07, 6.45) is 2.41. The van der Waals surface area contributed by atoms with Crippen molar-refractivity contribution in [3.63, 3.8) is 0 Å². The molecule has 0 bridgehead atoms. The predicted octanol–water partition coefficient (Wildman–Crippen LogP) is 1.82. The van der Waals surface area contributed by atoms with Crippen LogP contribution in [0.2, 0.25) is 0 Å². The van der Waals surface area contributed by atoms with Crippen LogP contribution in [-0.4, -0.2) is 45.3 Å². The number of carbonyl (C=O) groups is 1. The van der Waals surface area contributed by atoms with Gasteiger partial charge in [0, 0.05) is 38.8 Å². The molecule has 1 aromatic heterocycles. The van der Waals surface area contributed by atoms with Gasteiger partial charge in [-0.15, -0.1) is 0 Å². The van der Waals surface area contributed by atoms with Gasteiger partial charge in [0.15, 0.2) is 5.82 Å². The number of amides is 1. The average Bonchev–Trinajstić information content (AvgIpc) is 3.17. The molecule has 6 heteroatoms. The number of benzene rings is 1. The van der Waals surface area contributed by atoms with Crippen molar-refractivity contribution in [1.29, 1.82) is 0 Å². The van der Waals surface area contributed by atoms with Gasteiger partial charge in [0.05, 0.1) is 12.1 Å². The molecular weight excluding hydrogens is 292 g/mol. The lowest BCUT2D eigenvalue weighted by atomic mass is 10.1. The van der Waals surface area contributed by atoms with E-state index in [0.29, 0.717) is 12.4 Å². The molecule has 6 nitrogen and oxygen atoms in total. The Hall–Kier alpha value is -2.18. The summed E-state index contributed by atoms with van der Waals surface area (Å²) in [5, 5.41) is 17.4. The maximum Gasteiger partial charge on any atom is 0.222 e. The molecule has 23 heavy (non-hydrogen) atoms. The van der Waals surface area contributed by atoms with Crippen molar-refractivity contribution in [2.45, 2.75) is 25.5 Å². The fourth-order valence-electron chi connectivity index (χ4n) is 3.01. The topological polar surface area (TPSA) is 70.4 Å². The van der Waals surface area contributed by atoms with Crippen molar-refractivity contribution in [3.8, 4) is 0 Å². The summed E-state index contributed by atoms with van der Waals surface area (Å²) < 4.78 is 1.90. The van der Waals surface area contributed by atoms with E-state index < -0.39 is 6.10 Å². The molecule has 2 aromatic rings. The van der Waals surface area contributed by atoms with Crippen molar-refractivity contribution < 1.29 is 9.90 Å². The maximum atomic E-state index is 11.1. The average molecular weight is 314 g/mol. The van der Waals surface area contributed by atoms with Gasteiger partial charge in [0.1, 0.15) is 0 Å². The Kier molecular flexibility index (Phi) is 4.73. The van der Waals surface area contributed by atoms with Crippen LogP contribution in [0.1, 0.15) is 31.1 Å². The zero-order chi connectivity index (χ0) is 16.2. The Bertz CT molecular complexity index is 656. The third-order valence-corrected chi connectivity index (χ3v) is 4.15. The highest BCUT2D eigenvalue weighted by molar-refractivity contribution is 5.87. The Morgan fingerprint density at radius 2 is 2.17 bits per heavy atom. The number of anilines is 1. The number of likely N-dealkylation sites (tertiary alicyclic amines) is 1. The lowest BCUT2D eigenvalue weighted by Crippen LogP contribution is -2.27. The fraction of sp³-hybridized carbons (Fsp3) is 0.412. The number of aliphatic hydroxyl groups is 1. The van der Waals surface area contributed by atoms with Gasteiger partial charge in [-0.2, -0.15) is 5.10 Å². The van der Waals surface area contributed by atoms with Crippen molar-refractivity contribution in [1.82, 2.24) is 14.7 Å². The van der Waals surface area contributed by atoms with Crippen LogP contribution >= 0.6 is 0 Å². The zero-order valence-electron chi connectivity index (χ0n) is 13.2. The predicted molar refractivity (Wildman–Crippen MR) is 88.0 cm³/mol. The van der Waals surface area contributed by atoms with E-state index in [1.807, 2.05) is 47.3 Å². The van der Waals surface area contributed by atoms with E-state index in [0.717, 1.165) is 25.1 Å². The highest BCUT2D eigenvalue weighted by atomic mass is 16.3. The van der Waals surface area contributed by atoms with E-state index >= 15 is 0 Å².